The highest BCUT2D eigenvalue weighted by Crippen LogP contribution is 2.22. The van der Waals surface area contributed by atoms with Crippen molar-refractivity contribution in [3.8, 4) is 5.75 Å². The molecule has 1 aliphatic rings. The maximum absolute atomic E-state index is 12.3. The van der Waals surface area contributed by atoms with Crippen LogP contribution in [0.1, 0.15) is 34.3 Å². The largest absolute Gasteiger partial charge is 0.496 e. The van der Waals surface area contributed by atoms with Gasteiger partial charge in [-0.2, -0.15) is 0 Å². The molecule has 0 aliphatic heterocycles. The number of methoxy groups -OCH3 is 1. The molecule has 0 atom stereocenters. The Bertz CT molecular complexity index is 904. The molecule has 0 spiro atoms. The van der Waals surface area contributed by atoms with Gasteiger partial charge < -0.3 is 10.1 Å². The monoisotopic (exact) mass is 374 g/mol. The van der Waals surface area contributed by atoms with E-state index < -0.39 is 10.0 Å². The number of rotatable bonds is 7. The highest BCUT2D eigenvalue weighted by molar-refractivity contribution is 7.89. The molecular formula is C19H22N2O4S. The SMILES string of the molecule is COc1cc(C(=O)NCc2ccc(S(=O)(=O)NC3CC3)cc2)ccc1C. The van der Waals surface area contributed by atoms with Crippen molar-refractivity contribution in [3.63, 3.8) is 0 Å². The van der Waals surface area contributed by atoms with E-state index in [1.165, 1.54) is 0 Å². The fourth-order valence-electron chi connectivity index (χ4n) is 2.52. The number of ether oxygens (including phenoxy) is 1. The highest BCUT2D eigenvalue weighted by atomic mass is 32.2. The van der Waals surface area contributed by atoms with Crippen molar-refractivity contribution < 1.29 is 17.9 Å². The van der Waals surface area contributed by atoms with Crippen molar-refractivity contribution in [1.29, 1.82) is 0 Å². The van der Waals surface area contributed by atoms with Gasteiger partial charge in [0.15, 0.2) is 0 Å². The molecule has 0 unspecified atom stereocenters. The Labute approximate surface area is 153 Å². The average molecular weight is 374 g/mol. The molecule has 6 nitrogen and oxygen atoms in total. The predicted octanol–water partition coefficient (Wildman–Crippen LogP) is 2.37. The summed E-state index contributed by atoms with van der Waals surface area (Å²) in [6.07, 6.45) is 1.79. The second-order valence-corrected chi connectivity index (χ2v) is 8.12. The van der Waals surface area contributed by atoms with Gasteiger partial charge in [0.1, 0.15) is 5.75 Å². The van der Waals surface area contributed by atoms with Gasteiger partial charge in [-0.05, 0) is 55.2 Å². The van der Waals surface area contributed by atoms with Gasteiger partial charge in [-0.3, -0.25) is 4.79 Å². The molecule has 1 amide bonds. The van der Waals surface area contributed by atoms with E-state index in [9.17, 15) is 13.2 Å². The standard InChI is InChI=1S/C19H22N2O4S/c1-13-3-6-15(11-18(13)25-2)19(22)20-12-14-4-9-17(10-5-14)26(23,24)21-16-7-8-16/h3-6,9-11,16,21H,7-8,12H2,1-2H3,(H,20,22). The molecule has 0 aromatic heterocycles. The summed E-state index contributed by atoms with van der Waals surface area (Å²) in [7, 11) is -1.88. The van der Waals surface area contributed by atoms with E-state index in [1.807, 2.05) is 13.0 Å². The molecule has 0 saturated heterocycles. The number of carbonyl (C=O) groups is 1. The quantitative estimate of drug-likeness (QED) is 0.779. The van der Waals surface area contributed by atoms with Crippen LogP contribution in [0.25, 0.3) is 0 Å². The van der Waals surface area contributed by atoms with Crippen LogP contribution in [0.15, 0.2) is 47.4 Å². The molecule has 1 saturated carbocycles. The Kier molecular flexibility index (Phi) is 5.29. The van der Waals surface area contributed by atoms with Crippen molar-refractivity contribution in [3.05, 3.63) is 59.2 Å². The fourth-order valence-corrected chi connectivity index (χ4v) is 3.83. The number of hydrogen-bond donors (Lipinski definition) is 2. The minimum atomic E-state index is -3.45. The first-order valence-electron chi connectivity index (χ1n) is 8.43. The molecule has 2 aromatic carbocycles. The molecule has 26 heavy (non-hydrogen) atoms. The molecule has 0 bridgehead atoms. The van der Waals surface area contributed by atoms with Gasteiger partial charge in [-0.15, -0.1) is 0 Å². The second kappa shape index (κ2) is 7.47. The normalized spacial score (nSPS) is 14.1. The Hall–Kier alpha value is -2.38. The van der Waals surface area contributed by atoms with Crippen LogP contribution in [0, 0.1) is 6.92 Å². The van der Waals surface area contributed by atoms with E-state index in [1.54, 1.807) is 43.5 Å². The maximum atomic E-state index is 12.3. The molecule has 1 aliphatic carbocycles. The van der Waals surface area contributed by atoms with E-state index in [-0.39, 0.29) is 16.8 Å². The lowest BCUT2D eigenvalue weighted by molar-refractivity contribution is 0.0950. The van der Waals surface area contributed by atoms with Crippen LogP contribution in [0.4, 0.5) is 0 Å². The van der Waals surface area contributed by atoms with Gasteiger partial charge in [0.05, 0.1) is 12.0 Å². The number of carbonyl (C=O) groups excluding carboxylic acids is 1. The molecule has 3 rings (SSSR count). The van der Waals surface area contributed by atoms with Crippen LogP contribution < -0.4 is 14.8 Å². The lowest BCUT2D eigenvalue weighted by Gasteiger charge is -2.10. The van der Waals surface area contributed by atoms with Gasteiger partial charge in [0.25, 0.3) is 5.91 Å². The van der Waals surface area contributed by atoms with Crippen molar-refractivity contribution in [2.24, 2.45) is 0 Å². The number of hydrogen-bond acceptors (Lipinski definition) is 4. The third kappa shape index (κ3) is 4.42. The number of benzene rings is 2. The van der Waals surface area contributed by atoms with Crippen LogP contribution in [-0.2, 0) is 16.6 Å². The number of sulfonamides is 1. The zero-order valence-electron chi connectivity index (χ0n) is 14.8. The van der Waals surface area contributed by atoms with Gasteiger partial charge in [0, 0.05) is 18.2 Å². The minimum Gasteiger partial charge on any atom is -0.496 e. The number of aryl methyl sites for hydroxylation is 1. The second-order valence-electron chi connectivity index (χ2n) is 6.41. The van der Waals surface area contributed by atoms with Crippen molar-refractivity contribution in [2.45, 2.75) is 37.2 Å². The Morgan fingerprint density at radius 1 is 1.15 bits per heavy atom. The number of amides is 1. The molecular weight excluding hydrogens is 352 g/mol. The number of nitrogens with one attached hydrogen (secondary N) is 2. The predicted molar refractivity (Wildman–Crippen MR) is 98.7 cm³/mol. The lowest BCUT2D eigenvalue weighted by atomic mass is 10.1. The molecule has 138 valence electrons. The highest BCUT2D eigenvalue weighted by Gasteiger charge is 2.27. The average Bonchev–Trinajstić information content (AvgIpc) is 3.43. The first-order chi connectivity index (χ1) is 12.4. The smallest absolute Gasteiger partial charge is 0.251 e. The summed E-state index contributed by atoms with van der Waals surface area (Å²) in [4.78, 5) is 12.5. The summed E-state index contributed by atoms with van der Waals surface area (Å²) in [5.74, 6) is 0.450. The lowest BCUT2D eigenvalue weighted by Crippen LogP contribution is -2.26. The van der Waals surface area contributed by atoms with Gasteiger partial charge in [-0.1, -0.05) is 18.2 Å². The van der Waals surface area contributed by atoms with Crippen LogP contribution >= 0.6 is 0 Å². The Morgan fingerprint density at radius 3 is 2.46 bits per heavy atom. The van der Waals surface area contributed by atoms with E-state index in [2.05, 4.69) is 10.0 Å². The van der Waals surface area contributed by atoms with Crippen LogP contribution in [0.2, 0.25) is 0 Å². The third-order valence-corrected chi connectivity index (χ3v) is 5.79. The summed E-state index contributed by atoms with van der Waals surface area (Å²) in [6, 6.07) is 11.9. The fraction of sp³-hybridized carbons (Fsp3) is 0.316. The minimum absolute atomic E-state index is 0.0745. The van der Waals surface area contributed by atoms with E-state index in [4.69, 9.17) is 4.74 Å². The van der Waals surface area contributed by atoms with Crippen molar-refractivity contribution in [1.82, 2.24) is 10.0 Å². The Morgan fingerprint density at radius 2 is 1.85 bits per heavy atom. The summed E-state index contributed by atoms with van der Waals surface area (Å²) in [5, 5.41) is 2.83. The first-order valence-corrected chi connectivity index (χ1v) is 9.91. The topological polar surface area (TPSA) is 84.5 Å². The zero-order chi connectivity index (χ0) is 18.7. The summed E-state index contributed by atoms with van der Waals surface area (Å²) < 4.78 is 32.2. The molecule has 1 fully saturated rings. The summed E-state index contributed by atoms with van der Waals surface area (Å²) in [6.45, 7) is 2.22. The van der Waals surface area contributed by atoms with E-state index >= 15 is 0 Å². The van der Waals surface area contributed by atoms with Gasteiger partial charge >= 0.3 is 0 Å². The molecule has 0 radical (unpaired) electrons. The van der Waals surface area contributed by atoms with Crippen LogP contribution in [-0.4, -0.2) is 27.5 Å². The van der Waals surface area contributed by atoms with E-state index in [0.29, 0.717) is 17.9 Å². The van der Waals surface area contributed by atoms with Crippen LogP contribution in [0.5, 0.6) is 5.75 Å². The molecule has 0 heterocycles. The Balaban J connectivity index is 1.61. The van der Waals surface area contributed by atoms with E-state index in [0.717, 1.165) is 24.0 Å². The molecule has 2 N–H and O–H groups in total. The zero-order valence-corrected chi connectivity index (χ0v) is 15.6. The van der Waals surface area contributed by atoms with Crippen molar-refractivity contribution >= 4 is 15.9 Å². The van der Waals surface area contributed by atoms with Crippen LogP contribution in [0.3, 0.4) is 0 Å². The maximum Gasteiger partial charge on any atom is 0.251 e. The first kappa shape index (κ1) is 18.4. The molecule has 7 heteroatoms. The summed E-state index contributed by atoms with van der Waals surface area (Å²) >= 11 is 0. The van der Waals surface area contributed by atoms with Crippen molar-refractivity contribution in [2.75, 3.05) is 7.11 Å². The third-order valence-electron chi connectivity index (χ3n) is 4.26. The molecule has 2 aromatic rings. The van der Waals surface area contributed by atoms with Gasteiger partial charge in [-0.25, -0.2) is 13.1 Å². The van der Waals surface area contributed by atoms with Gasteiger partial charge in [0.2, 0.25) is 10.0 Å². The summed E-state index contributed by atoms with van der Waals surface area (Å²) in [5.41, 5.74) is 2.30.